The van der Waals surface area contributed by atoms with Crippen LogP contribution in [0, 0.1) is 13.8 Å². The molecule has 0 spiro atoms. The molecule has 172 valence electrons. The molecule has 3 aromatic rings. The highest BCUT2D eigenvalue weighted by atomic mass is 19.1. The Morgan fingerprint density at radius 2 is 2.00 bits per heavy atom. The fraction of sp³-hybridized carbons (Fsp3) is 0.269. The maximum Gasteiger partial charge on any atom is 0.174 e. The first-order chi connectivity index (χ1) is 15.8. The number of aryl methyl sites for hydroxylation is 2. The number of aromatic nitrogens is 1. The summed E-state index contributed by atoms with van der Waals surface area (Å²) < 4.78 is 21.9. The van der Waals surface area contributed by atoms with Gasteiger partial charge in [-0.3, -0.25) is 4.90 Å². The third-order valence-corrected chi connectivity index (χ3v) is 5.54. The summed E-state index contributed by atoms with van der Waals surface area (Å²) in [6, 6.07) is 7.94. The summed E-state index contributed by atoms with van der Waals surface area (Å²) in [5.74, 6) is 0.00929. The highest BCUT2D eigenvalue weighted by Crippen LogP contribution is 2.29. The average Bonchev–Trinajstić information content (AvgIpc) is 3.39. The minimum atomic E-state index is -0.460. The number of aliphatic imine (C=N–C) groups is 1. The number of hydrogen-bond donors (Lipinski definition) is 2. The number of β-amino-alcohol motifs (C(OH)–C–C–N with tert-alkyl or cyclic N) is 1. The molecule has 0 amide bonds. The van der Waals surface area contributed by atoms with Gasteiger partial charge in [-0.05, 0) is 61.7 Å². The lowest BCUT2D eigenvalue weighted by atomic mass is 10.1. The number of furan rings is 1. The molecule has 1 saturated heterocycles. The predicted octanol–water partition coefficient (Wildman–Crippen LogP) is 5.24. The van der Waals surface area contributed by atoms with Gasteiger partial charge in [-0.2, -0.15) is 0 Å². The van der Waals surface area contributed by atoms with Crippen LogP contribution in [0.15, 0.2) is 82.9 Å². The molecule has 7 heteroatoms. The van der Waals surface area contributed by atoms with Crippen molar-refractivity contribution in [1.82, 2.24) is 9.47 Å². The van der Waals surface area contributed by atoms with Crippen LogP contribution >= 0.6 is 0 Å². The Morgan fingerprint density at radius 3 is 2.61 bits per heavy atom. The first-order valence-electron chi connectivity index (χ1n) is 10.9. The van der Waals surface area contributed by atoms with Crippen molar-refractivity contribution in [2.45, 2.75) is 33.4 Å². The summed E-state index contributed by atoms with van der Waals surface area (Å²) in [5.41, 5.74) is 5.90. The number of nitrogens with one attached hydrogen (secondary N) is 1. The summed E-state index contributed by atoms with van der Waals surface area (Å²) in [7, 11) is 0. The minimum absolute atomic E-state index is 0.138. The summed E-state index contributed by atoms with van der Waals surface area (Å²) in [6.07, 6.45) is 8.09. The van der Waals surface area contributed by atoms with E-state index >= 15 is 0 Å². The average molecular weight is 449 g/mol. The Balaban J connectivity index is 1.67. The van der Waals surface area contributed by atoms with E-state index in [4.69, 9.17) is 4.42 Å². The lowest BCUT2D eigenvalue weighted by Gasteiger charge is -2.35. The van der Waals surface area contributed by atoms with Gasteiger partial charge >= 0.3 is 0 Å². The van der Waals surface area contributed by atoms with E-state index in [-0.39, 0.29) is 11.9 Å². The summed E-state index contributed by atoms with van der Waals surface area (Å²) in [6.45, 7) is 11.5. The number of benzene rings is 1. The highest BCUT2D eigenvalue weighted by molar-refractivity contribution is 5.99. The molecule has 1 aromatic carbocycles. The van der Waals surface area contributed by atoms with Gasteiger partial charge in [0.05, 0.1) is 18.6 Å². The standard InChI is InChI=1S/C26H29FN4O2/c1-5-25(27)26(29-19(4)28-22-9-17(2)8-18(3)10-22)31-12-21(11-30-13-23(32)14-30)24(15-31)20-6-7-33-16-20/h5-10,12,15-16,23,28,32H,4,11,13-14H2,1-3H3/b25-5+,29-26+. The van der Waals surface area contributed by atoms with Crippen LogP contribution in [0.3, 0.4) is 0 Å². The molecular formula is C26H29FN4O2. The van der Waals surface area contributed by atoms with Crippen LogP contribution in [-0.2, 0) is 6.54 Å². The quantitative estimate of drug-likeness (QED) is 0.383. The smallest absolute Gasteiger partial charge is 0.174 e. The number of anilines is 1. The predicted molar refractivity (Wildman–Crippen MR) is 130 cm³/mol. The van der Waals surface area contributed by atoms with Gasteiger partial charge in [0.2, 0.25) is 0 Å². The Kier molecular flexibility index (Phi) is 6.62. The maximum atomic E-state index is 15.0. The zero-order chi connectivity index (χ0) is 23.5. The molecule has 1 aliphatic rings. The van der Waals surface area contributed by atoms with Crippen molar-refractivity contribution in [1.29, 1.82) is 0 Å². The second-order valence-corrected chi connectivity index (χ2v) is 8.48. The van der Waals surface area contributed by atoms with E-state index in [0.29, 0.717) is 25.5 Å². The number of allylic oxidation sites excluding steroid dienone is 2. The van der Waals surface area contributed by atoms with Gasteiger partial charge < -0.3 is 19.4 Å². The first-order valence-corrected chi connectivity index (χ1v) is 10.9. The van der Waals surface area contributed by atoms with Gasteiger partial charge in [-0.25, -0.2) is 9.38 Å². The van der Waals surface area contributed by atoms with E-state index < -0.39 is 5.83 Å². The molecule has 6 nitrogen and oxygen atoms in total. The monoisotopic (exact) mass is 448 g/mol. The van der Waals surface area contributed by atoms with E-state index in [1.807, 2.05) is 44.4 Å². The number of likely N-dealkylation sites (tertiary alicyclic amines) is 1. The third-order valence-electron chi connectivity index (χ3n) is 5.54. The van der Waals surface area contributed by atoms with Gasteiger partial charge in [0.25, 0.3) is 0 Å². The second kappa shape index (κ2) is 9.60. The zero-order valence-corrected chi connectivity index (χ0v) is 19.2. The molecule has 2 N–H and O–H groups in total. The molecule has 33 heavy (non-hydrogen) atoms. The Morgan fingerprint density at radius 1 is 1.27 bits per heavy atom. The van der Waals surface area contributed by atoms with Crippen LogP contribution in [0.4, 0.5) is 10.1 Å². The summed E-state index contributed by atoms with van der Waals surface area (Å²) in [5, 5.41) is 12.8. The van der Waals surface area contributed by atoms with Crippen LogP contribution < -0.4 is 5.32 Å². The maximum absolute atomic E-state index is 15.0. The molecule has 0 unspecified atom stereocenters. The molecule has 3 heterocycles. The topological polar surface area (TPSA) is 65.9 Å². The van der Waals surface area contributed by atoms with Crippen LogP contribution in [0.1, 0.15) is 23.6 Å². The van der Waals surface area contributed by atoms with Crippen molar-refractivity contribution >= 4 is 11.5 Å². The first kappa shape index (κ1) is 22.8. The van der Waals surface area contributed by atoms with Gasteiger partial charge in [0, 0.05) is 48.8 Å². The van der Waals surface area contributed by atoms with Crippen molar-refractivity contribution in [2.24, 2.45) is 4.99 Å². The minimum Gasteiger partial charge on any atom is -0.472 e. The molecule has 0 radical (unpaired) electrons. The van der Waals surface area contributed by atoms with Crippen LogP contribution in [-0.4, -0.2) is 39.6 Å². The number of aliphatic hydroxyl groups is 1. The Hall–Kier alpha value is -3.42. The normalized spacial score (nSPS) is 15.5. The molecule has 0 saturated carbocycles. The van der Waals surface area contributed by atoms with Gasteiger partial charge in [-0.15, -0.1) is 0 Å². The fourth-order valence-electron chi connectivity index (χ4n) is 4.07. The van der Waals surface area contributed by atoms with Crippen LogP contribution in [0.25, 0.3) is 11.1 Å². The molecule has 1 fully saturated rings. The SMILES string of the molecule is C=C(/N=C(\C(F)=C/C)n1cc(CN2CC(O)C2)c(-c2ccoc2)c1)Nc1cc(C)cc(C)c1. The lowest BCUT2D eigenvalue weighted by Crippen LogP contribution is -2.49. The Bertz CT molecular complexity index is 1180. The molecule has 0 bridgehead atoms. The molecule has 0 atom stereocenters. The van der Waals surface area contributed by atoms with Crippen molar-refractivity contribution < 1.29 is 13.9 Å². The summed E-state index contributed by atoms with van der Waals surface area (Å²) in [4.78, 5) is 6.62. The van der Waals surface area contributed by atoms with E-state index in [1.165, 1.54) is 6.08 Å². The third kappa shape index (κ3) is 5.32. The second-order valence-electron chi connectivity index (χ2n) is 8.48. The van der Waals surface area contributed by atoms with Crippen molar-refractivity contribution in [3.63, 3.8) is 0 Å². The molecule has 4 rings (SSSR count). The number of hydrogen-bond acceptors (Lipinski definition) is 5. The van der Waals surface area contributed by atoms with E-state index in [0.717, 1.165) is 33.5 Å². The van der Waals surface area contributed by atoms with E-state index in [9.17, 15) is 9.50 Å². The van der Waals surface area contributed by atoms with Gasteiger partial charge in [0.15, 0.2) is 11.7 Å². The molecule has 1 aliphatic heterocycles. The molecule has 0 aliphatic carbocycles. The number of nitrogens with zero attached hydrogens (tertiary/aromatic N) is 3. The van der Waals surface area contributed by atoms with Gasteiger partial charge in [0.1, 0.15) is 5.82 Å². The molecular weight excluding hydrogens is 419 g/mol. The number of rotatable bonds is 7. The van der Waals surface area contributed by atoms with Crippen molar-refractivity contribution in [3.05, 3.63) is 90.2 Å². The lowest BCUT2D eigenvalue weighted by molar-refractivity contribution is -0.00277. The van der Waals surface area contributed by atoms with E-state index in [1.54, 1.807) is 24.0 Å². The number of halogens is 1. The van der Waals surface area contributed by atoms with Gasteiger partial charge in [-0.1, -0.05) is 12.6 Å². The molecule has 2 aromatic heterocycles. The largest absolute Gasteiger partial charge is 0.472 e. The van der Waals surface area contributed by atoms with Crippen molar-refractivity contribution in [2.75, 3.05) is 18.4 Å². The zero-order valence-electron chi connectivity index (χ0n) is 19.2. The fourth-order valence-corrected chi connectivity index (χ4v) is 4.07. The number of aliphatic hydroxyl groups excluding tert-OH is 1. The van der Waals surface area contributed by atoms with E-state index in [2.05, 4.69) is 27.9 Å². The highest BCUT2D eigenvalue weighted by Gasteiger charge is 2.26. The van der Waals surface area contributed by atoms with Crippen LogP contribution in [0.2, 0.25) is 0 Å². The summed E-state index contributed by atoms with van der Waals surface area (Å²) >= 11 is 0. The Labute approximate surface area is 193 Å². The van der Waals surface area contributed by atoms with Crippen molar-refractivity contribution in [3.8, 4) is 11.1 Å². The van der Waals surface area contributed by atoms with Crippen LogP contribution in [0.5, 0.6) is 0 Å².